The van der Waals surface area contributed by atoms with Gasteiger partial charge in [-0.1, -0.05) is 0 Å². The average Bonchev–Trinajstić information content (AvgIpc) is 2.98. The monoisotopic (exact) mass is 392 g/mol. The van der Waals surface area contributed by atoms with Gasteiger partial charge in [-0.05, 0) is 56.7 Å². The molecule has 2 saturated heterocycles. The number of fused-ring (bicyclic) bond motifs is 1. The molecule has 0 aliphatic carbocycles. The fourth-order valence-corrected chi connectivity index (χ4v) is 5.02. The molecule has 3 nitrogen and oxygen atoms in total. The minimum atomic E-state index is 0.174. The van der Waals surface area contributed by atoms with Gasteiger partial charge in [-0.25, -0.2) is 0 Å². The number of carbonyl (C=O) groups excluding carboxylic acids is 1. The Morgan fingerprint density at radius 3 is 2.89 bits per heavy atom. The molecule has 2 aliphatic rings. The van der Waals surface area contributed by atoms with Gasteiger partial charge < -0.3 is 10.2 Å². The van der Waals surface area contributed by atoms with Crippen LogP contribution in [0.15, 0.2) is 14.3 Å². The number of hydrogen-bond acceptors (Lipinski definition) is 3. The van der Waals surface area contributed by atoms with Gasteiger partial charge in [0.1, 0.15) is 0 Å². The predicted octanol–water partition coefficient (Wildman–Crippen LogP) is 2.95. The van der Waals surface area contributed by atoms with Crippen LogP contribution in [0.5, 0.6) is 0 Å². The first-order valence-corrected chi connectivity index (χ1v) is 8.44. The van der Waals surface area contributed by atoms with Crippen molar-refractivity contribution in [1.29, 1.82) is 0 Å². The van der Waals surface area contributed by atoms with Crippen molar-refractivity contribution in [2.24, 2.45) is 11.8 Å². The van der Waals surface area contributed by atoms with Crippen LogP contribution in [0.1, 0.15) is 16.6 Å². The molecule has 3 rings (SSSR count). The number of nitrogens with zero attached hydrogens (tertiary/aromatic N) is 1. The molecule has 6 heteroatoms. The molecule has 0 bridgehead atoms. The summed E-state index contributed by atoms with van der Waals surface area (Å²) in [5.41, 5.74) is 0. The zero-order chi connectivity index (χ0) is 12.9. The maximum absolute atomic E-state index is 12.5. The third kappa shape index (κ3) is 2.07. The van der Waals surface area contributed by atoms with E-state index < -0.39 is 0 Å². The lowest BCUT2D eigenvalue weighted by Gasteiger charge is -2.23. The summed E-state index contributed by atoms with van der Waals surface area (Å²) in [5.74, 6) is 1.44. The highest BCUT2D eigenvalue weighted by Gasteiger charge is 2.44. The van der Waals surface area contributed by atoms with Gasteiger partial charge in [-0.15, -0.1) is 11.3 Å². The molecule has 3 unspecified atom stereocenters. The van der Waals surface area contributed by atoms with Crippen molar-refractivity contribution in [1.82, 2.24) is 10.2 Å². The summed E-state index contributed by atoms with van der Waals surface area (Å²) in [6.07, 6.45) is 0. The van der Waals surface area contributed by atoms with Crippen molar-refractivity contribution in [2.45, 2.75) is 13.0 Å². The van der Waals surface area contributed by atoms with Crippen LogP contribution in [0.25, 0.3) is 0 Å². The molecular formula is C12H14Br2N2OS. The molecule has 98 valence electrons. The minimum Gasteiger partial charge on any atom is -0.335 e. The first-order chi connectivity index (χ1) is 8.58. The summed E-state index contributed by atoms with van der Waals surface area (Å²) in [6.45, 7) is 5.17. The molecule has 1 aromatic heterocycles. The largest absolute Gasteiger partial charge is 0.335 e. The van der Waals surface area contributed by atoms with Crippen LogP contribution in [-0.4, -0.2) is 36.5 Å². The molecular weight excluding hydrogens is 380 g/mol. The van der Waals surface area contributed by atoms with Crippen molar-refractivity contribution in [3.05, 3.63) is 19.2 Å². The summed E-state index contributed by atoms with van der Waals surface area (Å²) in [7, 11) is 0. The van der Waals surface area contributed by atoms with Gasteiger partial charge in [0.05, 0.1) is 8.66 Å². The first-order valence-electron chi connectivity index (χ1n) is 6.04. The number of hydrogen-bond donors (Lipinski definition) is 1. The van der Waals surface area contributed by atoms with E-state index in [4.69, 9.17) is 0 Å². The summed E-state index contributed by atoms with van der Waals surface area (Å²) >= 11 is 8.39. The molecule has 2 fully saturated rings. The van der Waals surface area contributed by atoms with E-state index in [9.17, 15) is 4.79 Å². The number of nitrogens with one attached hydrogen (secondary N) is 1. The van der Waals surface area contributed by atoms with E-state index in [1.807, 2.05) is 11.0 Å². The SMILES string of the molecule is CC1C2CNCC2CN1C(=O)c1cc(Br)c(Br)s1. The highest BCUT2D eigenvalue weighted by Crippen LogP contribution is 2.37. The smallest absolute Gasteiger partial charge is 0.264 e. The van der Waals surface area contributed by atoms with E-state index in [1.165, 1.54) is 11.3 Å². The molecule has 0 aromatic carbocycles. The molecule has 3 atom stereocenters. The van der Waals surface area contributed by atoms with Gasteiger partial charge in [-0.2, -0.15) is 0 Å². The molecule has 1 N–H and O–H groups in total. The molecule has 18 heavy (non-hydrogen) atoms. The second-order valence-electron chi connectivity index (χ2n) is 5.01. The lowest BCUT2D eigenvalue weighted by molar-refractivity contribution is 0.0733. The van der Waals surface area contributed by atoms with Crippen LogP contribution in [-0.2, 0) is 0 Å². The molecule has 0 radical (unpaired) electrons. The number of rotatable bonds is 1. The third-order valence-electron chi connectivity index (χ3n) is 4.05. The van der Waals surface area contributed by atoms with Gasteiger partial charge in [0.25, 0.3) is 5.91 Å². The van der Waals surface area contributed by atoms with Crippen LogP contribution in [0.2, 0.25) is 0 Å². The molecule has 1 aromatic rings. The van der Waals surface area contributed by atoms with Crippen molar-refractivity contribution in [3.8, 4) is 0 Å². The summed E-state index contributed by atoms with van der Waals surface area (Å²) < 4.78 is 1.95. The maximum atomic E-state index is 12.5. The quantitative estimate of drug-likeness (QED) is 0.795. The van der Waals surface area contributed by atoms with E-state index in [1.54, 1.807) is 0 Å². The Balaban J connectivity index is 1.81. The Morgan fingerprint density at radius 2 is 2.28 bits per heavy atom. The van der Waals surface area contributed by atoms with Crippen molar-refractivity contribution in [3.63, 3.8) is 0 Å². The summed E-state index contributed by atoms with van der Waals surface area (Å²) in [6, 6.07) is 2.26. The highest BCUT2D eigenvalue weighted by atomic mass is 79.9. The van der Waals surface area contributed by atoms with Crippen molar-refractivity contribution >= 4 is 49.1 Å². The molecule has 1 amide bonds. The van der Waals surface area contributed by atoms with Gasteiger partial charge in [-0.3, -0.25) is 4.79 Å². The van der Waals surface area contributed by atoms with Crippen LogP contribution in [0.4, 0.5) is 0 Å². The Bertz CT molecular complexity index is 471. The molecule has 2 aliphatic heterocycles. The van der Waals surface area contributed by atoms with Crippen LogP contribution < -0.4 is 5.32 Å². The summed E-state index contributed by atoms with van der Waals surface area (Å²) in [4.78, 5) is 15.4. The number of likely N-dealkylation sites (tertiary alicyclic amines) is 1. The molecule has 0 spiro atoms. The Kier molecular flexibility index (Phi) is 3.55. The second kappa shape index (κ2) is 4.89. The van der Waals surface area contributed by atoms with Crippen LogP contribution in [0.3, 0.4) is 0 Å². The molecule has 0 saturated carbocycles. The zero-order valence-corrected chi connectivity index (χ0v) is 13.9. The zero-order valence-electron chi connectivity index (χ0n) is 9.95. The number of halogens is 2. The number of amides is 1. The van der Waals surface area contributed by atoms with E-state index in [2.05, 4.69) is 44.1 Å². The van der Waals surface area contributed by atoms with E-state index in [0.717, 1.165) is 32.8 Å². The highest BCUT2D eigenvalue weighted by molar-refractivity contribution is 9.13. The predicted molar refractivity (Wildman–Crippen MR) is 80.1 cm³/mol. The Morgan fingerprint density at radius 1 is 1.50 bits per heavy atom. The lowest BCUT2D eigenvalue weighted by atomic mass is 9.95. The number of thiophene rings is 1. The third-order valence-corrected chi connectivity index (χ3v) is 7.30. The second-order valence-corrected chi connectivity index (χ2v) is 8.24. The lowest BCUT2D eigenvalue weighted by Crippen LogP contribution is -2.37. The van der Waals surface area contributed by atoms with E-state index >= 15 is 0 Å². The van der Waals surface area contributed by atoms with Gasteiger partial charge in [0.2, 0.25) is 0 Å². The Hall–Kier alpha value is 0.0900. The topological polar surface area (TPSA) is 32.3 Å². The van der Waals surface area contributed by atoms with E-state index in [0.29, 0.717) is 17.9 Å². The summed E-state index contributed by atoms with van der Waals surface area (Å²) in [5, 5.41) is 3.42. The first kappa shape index (κ1) is 13.1. The molecule has 3 heterocycles. The maximum Gasteiger partial charge on any atom is 0.264 e. The van der Waals surface area contributed by atoms with Crippen molar-refractivity contribution < 1.29 is 4.79 Å². The van der Waals surface area contributed by atoms with Crippen molar-refractivity contribution in [2.75, 3.05) is 19.6 Å². The fraction of sp³-hybridized carbons (Fsp3) is 0.583. The van der Waals surface area contributed by atoms with Gasteiger partial charge in [0, 0.05) is 30.1 Å². The van der Waals surface area contributed by atoms with Gasteiger partial charge in [0.15, 0.2) is 0 Å². The fourth-order valence-electron chi connectivity index (χ4n) is 3.03. The standard InChI is InChI=1S/C12H14Br2N2OS/c1-6-8-4-15-3-7(8)5-16(6)12(17)10-2-9(13)11(14)18-10/h2,6-8,15H,3-5H2,1H3. The van der Waals surface area contributed by atoms with Gasteiger partial charge >= 0.3 is 0 Å². The van der Waals surface area contributed by atoms with E-state index in [-0.39, 0.29) is 5.91 Å². The average molecular weight is 394 g/mol. The van der Waals surface area contributed by atoms with Crippen LogP contribution >= 0.6 is 43.2 Å². The Labute approximate surface area is 127 Å². The normalized spacial score (nSPS) is 30.8. The minimum absolute atomic E-state index is 0.174. The van der Waals surface area contributed by atoms with Crippen LogP contribution in [0, 0.1) is 11.8 Å². The number of carbonyl (C=O) groups is 1.